The van der Waals surface area contributed by atoms with Gasteiger partial charge in [-0.1, -0.05) is 18.2 Å². The van der Waals surface area contributed by atoms with E-state index in [1.54, 1.807) is 0 Å². The largest absolute Gasteiger partial charge is 0.371 e. The van der Waals surface area contributed by atoms with Gasteiger partial charge in [-0.15, -0.1) is 0 Å². The van der Waals surface area contributed by atoms with Crippen LogP contribution in [0.25, 0.3) is 0 Å². The molecule has 0 saturated carbocycles. The molecule has 4 nitrogen and oxygen atoms in total. The van der Waals surface area contributed by atoms with Gasteiger partial charge in [0.05, 0.1) is 11.4 Å². The zero-order valence-electron chi connectivity index (χ0n) is 11.8. The molecule has 0 amide bonds. The molecule has 1 aromatic carbocycles. The Balaban J connectivity index is 2.06. The molecule has 0 saturated heterocycles. The van der Waals surface area contributed by atoms with Gasteiger partial charge in [0.1, 0.15) is 5.82 Å². The highest BCUT2D eigenvalue weighted by atomic mass is 15.3. The Hall–Kier alpha value is -2.07. The molecule has 2 heterocycles. The maximum absolute atomic E-state index is 5.72. The molecule has 2 aromatic rings. The molecule has 4 heteroatoms. The first kappa shape index (κ1) is 12.9. The molecule has 0 unspecified atom stereocenters. The van der Waals surface area contributed by atoms with Crippen LogP contribution in [-0.2, 0) is 6.42 Å². The Bertz CT molecular complexity index is 597. The first-order valence-corrected chi connectivity index (χ1v) is 7.03. The van der Waals surface area contributed by atoms with Gasteiger partial charge in [-0.05, 0) is 36.7 Å². The maximum atomic E-state index is 5.72. The smallest absolute Gasteiger partial charge is 0.136 e. The number of para-hydroxylation sites is 2. The molecular formula is C16H20N4. The lowest BCUT2D eigenvalue weighted by Crippen LogP contribution is -2.37. The van der Waals surface area contributed by atoms with E-state index in [4.69, 9.17) is 5.73 Å². The number of pyridine rings is 1. The van der Waals surface area contributed by atoms with E-state index in [2.05, 4.69) is 52.2 Å². The first-order chi connectivity index (χ1) is 9.81. The number of likely N-dealkylation sites (N-methyl/N-ethyl adjacent to an activating group) is 1. The summed E-state index contributed by atoms with van der Waals surface area (Å²) in [6.07, 6.45) is 2.72. The van der Waals surface area contributed by atoms with E-state index >= 15 is 0 Å². The summed E-state index contributed by atoms with van der Waals surface area (Å²) >= 11 is 0. The molecule has 0 spiro atoms. The SMILES string of the molecule is CN1CCN(c2ncccc2CCN)c2ccccc21. The Morgan fingerprint density at radius 3 is 2.70 bits per heavy atom. The lowest BCUT2D eigenvalue weighted by molar-refractivity contribution is 0.805. The van der Waals surface area contributed by atoms with Crippen LogP contribution in [0.1, 0.15) is 5.56 Å². The molecule has 1 aromatic heterocycles. The van der Waals surface area contributed by atoms with Gasteiger partial charge in [0.25, 0.3) is 0 Å². The summed E-state index contributed by atoms with van der Waals surface area (Å²) < 4.78 is 0. The summed E-state index contributed by atoms with van der Waals surface area (Å²) in [4.78, 5) is 9.19. The van der Waals surface area contributed by atoms with Gasteiger partial charge >= 0.3 is 0 Å². The fourth-order valence-corrected chi connectivity index (χ4v) is 2.75. The van der Waals surface area contributed by atoms with E-state index in [1.165, 1.54) is 16.9 Å². The molecular weight excluding hydrogens is 248 g/mol. The van der Waals surface area contributed by atoms with Gasteiger partial charge in [-0.3, -0.25) is 0 Å². The summed E-state index contributed by atoms with van der Waals surface area (Å²) in [5, 5.41) is 0. The summed E-state index contributed by atoms with van der Waals surface area (Å²) in [6.45, 7) is 2.59. The van der Waals surface area contributed by atoms with Crippen LogP contribution in [0.5, 0.6) is 0 Å². The van der Waals surface area contributed by atoms with Crippen molar-refractivity contribution in [3.63, 3.8) is 0 Å². The fourth-order valence-electron chi connectivity index (χ4n) is 2.75. The highest BCUT2D eigenvalue weighted by molar-refractivity contribution is 5.78. The van der Waals surface area contributed by atoms with E-state index in [0.717, 1.165) is 25.3 Å². The average Bonchev–Trinajstić information content (AvgIpc) is 2.49. The number of nitrogens with zero attached hydrogens (tertiary/aromatic N) is 3. The van der Waals surface area contributed by atoms with Crippen molar-refractivity contribution in [2.75, 3.05) is 36.5 Å². The zero-order valence-corrected chi connectivity index (χ0v) is 11.8. The van der Waals surface area contributed by atoms with Crippen LogP contribution in [0.2, 0.25) is 0 Å². The number of nitrogens with two attached hydrogens (primary N) is 1. The van der Waals surface area contributed by atoms with Crippen molar-refractivity contribution < 1.29 is 0 Å². The molecule has 20 heavy (non-hydrogen) atoms. The lowest BCUT2D eigenvalue weighted by Gasteiger charge is -2.37. The van der Waals surface area contributed by atoms with Crippen LogP contribution in [0.15, 0.2) is 42.6 Å². The van der Waals surface area contributed by atoms with Gasteiger partial charge in [0.2, 0.25) is 0 Å². The second-order valence-corrected chi connectivity index (χ2v) is 5.09. The number of hydrogen-bond acceptors (Lipinski definition) is 4. The highest BCUT2D eigenvalue weighted by Crippen LogP contribution is 2.37. The van der Waals surface area contributed by atoms with Crippen molar-refractivity contribution >= 4 is 17.2 Å². The van der Waals surface area contributed by atoms with E-state index in [-0.39, 0.29) is 0 Å². The van der Waals surface area contributed by atoms with Crippen LogP contribution < -0.4 is 15.5 Å². The summed E-state index contributed by atoms with van der Waals surface area (Å²) in [7, 11) is 2.13. The van der Waals surface area contributed by atoms with Crippen molar-refractivity contribution in [2.45, 2.75) is 6.42 Å². The van der Waals surface area contributed by atoms with E-state index in [1.807, 2.05) is 12.3 Å². The minimum Gasteiger partial charge on any atom is -0.371 e. The van der Waals surface area contributed by atoms with Crippen LogP contribution in [-0.4, -0.2) is 31.7 Å². The van der Waals surface area contributed by atoms with Gasteiger partial charge in [0, 0.05) is 26.3 Å². The Labute approximate surface area is 119 Å². The van der Waals surface area contributed by atoms with E-state index < -0.39 is 0 Å². The second-order valence-electron chi connectivity index (χ2n) is 5.09. The normalized spacial score (nSPS) is 14.3. The number of anilines is 3. The molecule has 0 fully saturated rings. The molecule has 1 aliphatic rings. The van der Waals surface area contributed by atoms with Crippen LogP contribution >= 0.6 is 0 Å². The van der Waals surface area contributed by atoms with Crippen LogP contribution in [0.4, 0.5) is 17.2 Å². The predicted molar refractivity (Wildman–Crippen MR) is 83.7 cm³/mol. The van der Waals surface area contributed by atoms with Gasteiger partial charge in [0.15, 0.2) is 0 Å². The Morgan fingerprint density at radius 1 is 1.10 bits per heavy atom. The minimum atomic E-state index is 0.647. The monoisotopic (exact) mass is 268 g/mol. The summed E-state index contributed by atoms with van der Waals surface area (Å²) in [5.74, 6) is 1.04. The van der Waals surface area contributed by atoms with Gasteiger partial charge in [-0.2, -0.15) is 0 Å². The van der Waals surface area contributed by atoms with E-state index in [9.17, 15) is 0 Å². The third kappa shape index (κ3) is 2.23. The number of hydrogen-bond donors (Lipinski definition) is 1. The fraction of sp³-hybridized carbons (Fsp3) is 0.312. The minimum absolute atomic E-state index is 0.647. The van der Waals surface area contributed by atoms with Crippen molar-refractivity contribution in [1.82, 2.24) is 4.98 Å². The van der Waals surface area contributed by atoms with Gasteiger partial charge in [-0.25, -0.2) is 4.98 Å². The highest BCUT2D eigenvalue weighted by Gasteiger charge is 2.23. The molecule has 104 valence electrons. The third-order valence-electron chi connectivity index (χ3n) is 3.78. The topological polar surface area (TPSA) is 45.4 Å². The number of aromatic nitrogens is 1. The second kappa shape index (κ2) is 5.51. The molecule has 1 aliphatic heterocycles. The van der Waals surface area contributed by atoms with Crippen molar-refractivity contribution in [1.29, 1.82) is 0 Å². The van der Waals surface area contributed by atoms with E-state index in [0.29, 0.717) is 6.54 Å². The predicted octanol–water partition coefficient (Wildman–Crippen LogP) is 2.17. The van der Waals surface area contributed by atoms with Crippen molar-refractivity contribution in [3.05, 3.63) is 48.2 Å². The van der Waals surface area contributed by atoms with Gasteiger partial charge < -0.3 is 15.5 Å². The molecule has 3 rings (SSSR count). The summed E-state index contributed by atoms with van der Waals surface area (Å²) in [5.41, 5.74) is 9.41. The molecule has 2 N–H and O–H groups in total. The maximum Gasteiger partial charge on any atom is 0.136 e. The van der Waals surface area contributed by atoms with Crippen molar-refractivity contribution in [2.24, 2.45) is 5.73 Å². The first-order valence-electron chi connectivity index (χ1n) is 7.03. The van der Waals surface area contributed by atoms with Crippen molar-refractivity contribution in [3.8, 4) is 0 Å². The quantitative estimate of drug-likeness (QED) is 0.926. The Morgan fingerprint density at radius 2 is 1.90 bits per heavy atom. The number of benzene rings is 1. The number of rotatable bonds is 3. The average molecular weight is 268 g/mol. The van der Waals surface area contributed by atoms with Crippen LogP contribution in [0, 0.1) is 0 Å². The summed E-state index contributed by atoms with van der Waals surface area (Å²) in [6, 6.07) is 12.6. The lowest BCUT2D eigenvalue weighted by atomic mass is 10.1. The molecule has 0 bridgehead atoms. The van der Waals surface area contributed by atoms with Crippen LogP contribution in [0.3, 0.4) is 0 Å². The Kier molecular flexibility index (Phi) is 3.56. The molecule has 0 radical (unpaired) electrons. The molecule has 0 aliphatic carbocycles. The zero-order chi connectivity index (χ0) is 13.9. The number of fused-ring (bicyclic) bond motifs is 1. The standard InChI is InChI=1S/C16H20N4/c1-19-11-12-20(15-7-3-2-6-14(15)19)16-13(8-9-17)5-4-10-18-16/h2-7,10H,8-9,11-12,17H2,1H3. The molecule has 0 atom stereocenters. The third-order valence-corrected chi connectivity index (χ3v) is 3.78.